The van der Waals surface area contributed by atoms with E-state index in [1.807, 2.05) is 0 Å². The van der Waals surface area contributed by atoms with Gasteiger partial charge in [0.25, 0.3) is 0 Å². The van der Waals surface area contributed by atoms with Crippen LogP contribution in [0.25, 0.3) is 16.8 Å². The number of imidazole rings is 1. The minimum atomic E-state index is -4.75. The molecule has 0 amide bonds. The third-order valence-electron chi connectivity index (χ3n) is 3.45. The van der Waals surface area contributed by atoms with E-state index in [4.69, 9.17) is 11.6 Å². The number of aromatic nitrogens is 2. The number of phenolic OH excluding ortho intramolecular Hbond substituents is 1. The molecule has 0 atom stereocenters. The number of fused-ring (bicyclic) bond motifs is 1. The van der Waals surface area contributed by atoms with Gasteiger partial charge in [-0.15, -0.1) is 0 Å². The topological polar surface area (TPSA) is 80.7 Å². The summed E-state index contributed by atoms with van der Waals surface area (Å²) in [5.74, 6) is -2.02. The van der Waals surface area contributed by atoms with E-state index in [2.05, 4.69) is 4.98 Å². The molecule has 0 bridgehead atoms. The molecule has 0 unspecified atom stereocenters. The molecule has 0 spiro atoms. The maximum atomic E-state index is 14.2. The Balaban J connectivity index is 2.39. The molecule has 130 valence electrons. The number of nitro benzene ring substituents is 1. The first kappa shape index (κ1) is 17.0. The first-order chi connectivity index (χ1) is 11.6. The van der Waals surface area contributed by atoms with Crippen LogP contribution in [0.15, 0.2) is 30.6 Å². The standard InChI is InChI=1S/C14H6ClF4N3O3/c15-7-4-11(14(17,18)19)21-2-1-20-13(21)12(7)6-3-9(22(24)25)10(23)5-8(6)16/h1-5,23H. The van der Waals surface area contributed by atoms with Gasteiger partial charge in [-0.3, -0.25) is 14.5 Å². The fourth-order valence-electron chi connectivity index (χ4n) is 2.41. The van der Waals surface area contributed by atoms with E-state index in [1.54, 1.807) is 0 Å². The summed E-state index contributed by atoms with van der Waals surface area (Å²) >= 11 is 5.90. The van der Waals surface area contributed by atoms with Crippen molar-refractivity contribution in [1.82, 2.24) is 9.38 Å². The van der Waals surface area contributed by atoms with Crippen molar-refractivity contribution in [1.29, 1.82) is 0 Å². The number of phenols is 1. The Morgan fingerprint density at radius 3 is 2.56 bits per heavy atom. The number of hydrogen-bond donors (Lipinski definition) is 1. The van der Waals surface area contributed by atoms with Crippen molar-refractivity contribution in [2.75, 3.05) is 0 Å². The highest BCUT2D eigenvalue weighted by atomic mass is 35.5. The van der Waals surface area contributed by atoms with Crippen LogP contribution in [0.5, 0.6) is 5.75 Å². The van der Waals surface area contributed by atoms with Gasteiger partial charge < -0.3 is 5.11 Å². The minimum absolute atomic E-state index is 0.264. The van der Waals surface area contributed by atoms with Gasteiger partial charge in [-0.05, 0) is 6.07 Å². The molecule has 3 aromatic rings. The Hall–Kier alpha value is -2.88. The number of pyridine rings is 1. The maximum Gasteiger partial charge on any atom is 0.431 e. The highest BCUT2D eigenvalue weighted by Gasteiger charge is 2.35. The predicted octanol–water partition coefficient (Wildman–Crippen LogP) is 4.43. The van der Waals surface area contributed by atoms with Crippen LogP contribution < -0.4 is 0 Å². The second-order valence-electron chi connectivity index (χ2n) is 4.95. The lowest BCUT2D eigenvalue weighted by molar-refractivity contribution is -0.385. The summed E-state index contributed by atoms with van der Waals surface area (Å²) < 4.78 is 54.2. The van der Waals surface area contributed by atoms with Crippen LogP contribution in [0.4, 0.5) is 23.2 Å². The van der Waals surface area contributed by atoms with Crippen LogP contribution in [-0.2, 0) is 6.18 Å². The highest BCUT2D eigenvalue weighted by molar-refractivity contribution is 6.34. The normalized spacial score (nSPS) is 11.9. The van der Waals surface area contributed by atoms with Crippen LogP contribution in [0, 0.1) is 15.9 Å². The summed E-state index contributed by atoms with van der Waals surface area (Å²) in [6.07, 6.45) is -2.69. The van der Waals surface area contributed by atoms with Crippen molar-refractivity contribution in [2.45, 2.75) is 6.18 Å². The number of aromatic hydroxyl groups is 1. The first-order valence-corrected chi connectivity index (χ1v) is 6.89. The zero-order valence-electron chi connectivity index (χ0n) is 11.9. The second-order valence-corrected chi connectivity index (χ2v) is 5.36. The zero-order chi connectivity index (χ0) is 18.5. The van der Waals surface area contributed by atoms with E-state index in [9.17, 15) is 32.8 Å². The first-order valence-electron chi connectivity index (χ1n) is 6.51. The molecular weight excluding hydrogens is 370 g/mol. The molecule has 0 saturated heterocycles. The van der Waals surface area contributed by atoms with Crippen molar-refractivity contribution < 1.29 is 27.6 Å². The van der Waals surface area contributed by atoms with Gasteiger partial charge in [0.1, 0.15) is 17.2 Å². The van der Waals surface area contributed by atoms with E-state index < -0.39 is 44.6 Å². The largest absolute Gasteiger partial charge is 0.502 e. The van der Waals surface area contributed by atoms with E-state index in [1.165, 1.54) is 0 Å². The number of rotatable bonds is 2. The van der Waals surface area contributed by atoms with Gasteiger partial charge in [0.2, 0.25) is 0 Å². The van der Waals surface area contributed by atoms with Gasteiger partial charge in [0.05, 0.1) is 9.95 Å². The highest BCUT2D eigenvalue weighted by Crippen LogP contribution is 2.41. The van der Waals surface area contributed by atoms with Crippen molar-refractivity contribution in [3.8, 4) is 16.9 Å². The van der Waals surface area contributed by atoms with Crippen molar-refractivity contribution in [3.63, 3.8) is 0 Å². The van der Waals surface area contributed by atoms with Gasteiger partial charge in [-0.1, -0.05) is 11.6 Å². The van der Waals surface area contributed by atoms with Crippen LogP contribution in [-0.4, -0.2) is 19.4 Å². The van der Waals surface area contributed by atoms with E-state index in [-0.39, 0.29) is 11.2 Å². The molecule has 0 aliphatic rings. The summed E-state index contributed by atoms with van der Waals surface area (Å²) in [7, 11) is 0. The monoisotopic (exact) mass is 375 g/mol. The van der Waals surface area contributed by atoms with Crippen molar-refractivity contribution >= 4 is 22.9 Å². The molecule has 0 aliphatic heterocycles. The van der Waals surface area contributed by atoms with Crippen LogP contribution in [0.2, 0.25) is 5.02 Å². The van der Waals surface area contributed by atoms with E-state index >= 15 is 0 Å². The summed E-state index contributed by atoms with van der Waals surface area (Å²) in [5.41, 5.74) is -3.02. The Bertz CT molecular complexity index is 1020. The van der Waals surface area contributed by atoms with Crippen LogP contribution in [0.3, 0.4) is 0 Å². The maximum absolute atomic E-state index is 14.2. The average Bonchev–Trinajstić information content (AvgIpc) is 2.95. The number of benzene rings is 1. The van der Waals surface area contributed by atoms with Gasteiger partial charge in [-0.2, -0.15) is 13.2 Å². The van der Waals surface area contributed by atoms with Gasteiger partial charge in [0.15, 0.2) is 5.75 Å². The fraction of sp³-hybridized carbons (Fsp3) is 0.0714. The third kappa shape index (κ3) is 2.74. The van der Waals surface area contributed by atoms with Gasteiger partial charge >= 0.3 is 11.9 Å². The Morgan fingerprint density at radius 2 is 1.96 bits per heavy atom. The predicted molar refractivity (Wildman–Crippen MR) is 78.9 cm³/mol. The number of nitro groups is 1. The quantitative estimate of drug-likeness (QED) is 0.408. The molecule has 0 fully saturated rings. The summed E-state index contributed by atoms with van der Waals surface area (Å²) in [6, 6.07) is 1.75. The molecule has 0 saturated carbocycles. The third-order valence-corrected chi connectivity index (χ3v) is 3.74. The molecule has 0 radical (unpaired) electrons. The Labute approximate surface area is 141 Å². The van der Waals surface area contributed by atoms with E-state index in [0.717, 1.165) is 12.4 Å². The lowest BCUT2D eigenvalue weighted by atomic mass is 10.0. The molecule has 25 heavy (non-hydrogen) atoms. The molecule has 2 aromatic heterocycles. The molecular formula is C14H6ClF4N3O3. The van der Waals surface area contributed by atoms with E-state index in [0.29, 0.717) is 22.6 Å². The summed E-state index contributed by atoms with van der Waals surface area (Å²) in [6.45, 7) is 0. The number of halogens is 5. The van der Waals surface area contributed by atoms with Crippen LogP contribution in [0.1, 0.15) is 5.69 Å². The zero-order valence-corrected chi connectivity index (χ0v) is 12.6. The second kappa shape index (κ2) is 5.59. The molecule has 2 heterocycles. The Kier molecular flexibility index (Phi) is 3.79. The lowest BCUT2D eigenvalue weighted by Crippen LogP contribution is -2.12. The number of alkyl halides is 3. The number of hydrogen-bond acceptors (Lipinski definition) is 4. The minimum Gasteiger partial charge on any atom is -0.502 e. The van der Waals surface area contributed by atoms with Crippen molar-refractivity contribution in [3.05, 3.63) is 57.2 Å². The fourth-order valence-corrected chi connectivity index (χ4v) is 2.70. The van der Waals surface area contributed by atoms with Crippen molar-refractivity contribution in [2.24, 2.45) is 0 Å². The Morgan fingerprint density at radius 1 is 1.28 bits per heavy atom. The SMILES string of the molecule is O=[N+]([O-])c1cc(-c2c(Cl)cc(C(F)(F)F)n3ccnc23)c(F)cc1O. The number of nitrogens with zero attached hydrogens (tertiary/aromatic N) is 3. The molecule has 11 heteroatoms. The van der Waals surface area contributed by atoms with Gasteiger partial charge in [-0.25, -0.2) is 9.37 Å². The summed E-state index contributed by atoms with van der Waals surface area (Å²) in [5, 5.41) is 19.9. The smallest absolute Gasteiger partial charge is 0.431 e. The molecule has 0 aliphatic carbocycles. The lowest BCUT2D eigenvalue weighted by Gasteiger charge is -2.14. The van der Waals surface area contributed by atoms with Gasteiger partial charge in [0, 0.05) is 35.7 Å². The van der Waals surface area contributed by atoms with Crippen LogP contribution >= 0.6 is 11.6 Å². The summed E-state index contributed by atoms with van der Waals surface area (Å²) in [4.78, 5) is 13.7. The average molecular weight is 376 g/mol. The molecule has 3 rings (SSSR count). The molecule has 1 N–H and O–H groups in total. The molecule has 6 nitrogen and oxygen atoms in total. The molecule has 1 aromatic carbocycles.